The fourth-order valence-corrected chi connectivity index (χ4v) is 6.75. The number of hydrogen-bond donors (Lipinski definition) is 0. The van der Waals surface area contributed by atoms with Gasteiger partial charge in [0.1, 0.15) is 0 Å². The Morgan fingerprint density at radius 2 is 1.94 bits per heavy atom. The van der Waals surface area contributed by atoms with Crippen LogP contribution < -0.4 is 0 Å². The second-order valence-corrected chi connectivity index (χ2v) is 11.6. The van der Waals surface area contributed by atoms with E-state index in [4.69, 9.17) is 0 Å². The van der Waals surface area contributed by atoms with Gasteiger partial charge in [-0.15, -0.1) is 0 Å². The van der Waals surface area contributed by atoms with Gasteiger partial charge in [0.25, 0.3) is 0 Å². The molecule has 8 nitrogen and oxygen atoms in total. The lowest BCUT2D eigenvalue weighted by Crippen LogP contribution is -2.35. The number of sulfone groups is 1. The number of likely N-dealkylation sites (tertiary alicyclic amines) is 1. The van der Waals surface area contributed by atoms with Gasteiger partial charge in [-0.1, -0.05) is 30.3 Å². The van der Waals surface area contributed by atoms with Crippen LogP contribution in [0.2, 0.25) is 0 Å². The smallest absolute Gasteiger partial charge is 0.228 e. The SMILES string of the molecule is Cc1nn([C@@H]2CCS(=O)(=O)C2)c(C)c1CN(C)C(=O)[C@@H]1CC(=O)N([C@H](C)c2ccccc2)C1. The molecule has 3 heterocycles. The molecule has 0 unspecified atom stereocenters. The van der Waals surface area contributed by atoms with E-state index in [1.807, 2.05) is 55.8 Å². The summed E-state index contributed by atoms with van der Waals surface area (Å²) in [4.78, 5) is 29.4. The number of amides is 2. The summed E-state index contributed by atoms with van der Waals surface area (Å²) in [7, 11) is -1.25. The second kappa shape index (κ2) is 8.93. The molecule has 2 aliphatic rings. The maximum absolute atomic E-state index is 13.2. The van der Waals surface area contributed by atoms with Crippen LogP contribution in [0.25, 0.3) is 0 Å². The lowest BCUT2D eigenvalue weighted by Gasteiger charge is -2.26. The number of aromatic nitrogens is 2. The van der Waals surface area contributed by atoms with E-state index in [1.54, 1.807) is 16.8 Å². The van der Waals surface area contributed by atoms with Crippen molar-refractivity contribution in [3.05, 3.63) is 52.8 Å². The lowest BCUT2D eigenvalue weighted by molar-refractivity contribution is -0.135. The minimum absolute atomic E-state index is 0.000673. The number of carbonyl (C=O) groups is 2. The van der Waals surface area contributed by atoms with E-state index < -0.39 is 9.84 Å². The Kier molecular flexibility index (Phi) is 6.35. The lowest BCUT2D eigenvalue weighted by atomic mass is 10.1. The molecular formula is C24H32N4O4S. The van der Waals surface area contributed by atoms with Gasteiger partial charge in [-0.2, -0.15) is 5.10 Å². The van der Waals surface area contributed by atoms with Crippen LogP contribution in [0, 0.1) is 19.8 Å². The maximum Gasteiger partial charge on any atom is 0.228 e. The van der Waals surface area contributed by atoms with E-state index >= 15 is 0 Å². The molecule has 1 aromatic heterocycles. The molecule has 2 aromatic rings. The summed E-state index contributed by atoms with van der Waals surface area (Å²) >= 11 is 0. The molecule has 1 aromatic carbocycles. The third kappa shape index (κ3) is 4.69. The number of carbonyl (C=O) groups excluding carboxylic acids is 2. The summed E-state index contributed by atoms with van der Waals surface area (Å²) in [5, 5.41) is 4.60. The largest absolute Gasteiger partial charge is 0.341 e. The molecule has 2 fully saturated rings. The van der Waals surface area contributed by atoms with Gasteiger partial charge in [-0.05, 0) is 32.8 Å². The molecule has 178 valence electrons. The summed E-state index contributed by atoms with van der Waals surface area (Å²) in [5.41, 5.74) is 3.70. The number of aryl methyl sites for hydroxylation is 1. The van der Waals surface area contributed by atoms with Crippen molar-refractivity contribution in [3.63, 3.8) is 0 Å². The summed E-state index contributed by atoms with van der Waals surface area (Å²) in [5.74, 6) is -0.119. The molecule has 4 rings (SSSR count). The normalized spacial score (nSPS) is 23.2. The van der Waals surface area contributed by atoms with Crippen LogP contribution in [0.15, 0.2) is 30.3 Å². The predicted molar refractivity (Wildman–Crippen MR) is 125 cm³/mol. The minimum Gasteiger partial charge on any atom is -0.341 e. The fraction of sp³-hybridized carbons (Fsp3) is 0.542. The van der Waals surface area contributed by atoms with Crippen molar-refractivity contribution in [3.8, 4) is 0 Å². The highest BCUT2D eigenvalue weighted by Crippen LogP contribution is 2.31. The van der Waals surface area contributed by atoms with Crippen molar-refractivity contribution in [1.82, 2.24) is 19.6 Å². The Morgan fingerprint density at radius 3 is 2.58 bits per heavy atom. The van der Waals surface area contributed by atoms with Crippen molar-refractivity contribution in [1.29, 1.82) is 0 Å². The summed E-state index contributed by atoms with van der Waals surface area (Å²) < 4.78 is 25.6. The highest BCUT2D eigenvalue weighted by atomic mass is 32.2. The van der Waals surface area contributed by atoms with Crippen LogP contribution in [-0.2, 0) is 26.0 Å². The van der Waals surface area contributed by atoms with Crippen LogP contribution in [-0.4, -0.2) is 64.9 Å². The van der Waals surface area contributed by atoms with Gasteiger partial charge in [0.2, 0.25) is 11.8 Å². The topological polar surface area (TPSA) is 92.6 Å². The Labute approximate surface area is 195 Å². The van der Waals surface area contributed by atoms with Gasteiger partial charge in [0.05, 0.1) is 35.2 Å². The first kappa shape index (κ1) is 23.5. The van der Waals surface area contributed by atoms with Crippen LogP contribution in [0.1, 0.15) is 54.4 Å². The highest BCUT2D eigenvalue weighted by Gasteiger charge is 2.38. The molecule has 0 N–H and O–H groups in total. The van der Waals surface area contributed by atoms with Crippen LogP contribution in [0.4, 0.5) is 0 Å². The van der Waals surface area contributed by atoms with Crippen molar-refractivity contribution in [2.75, 3.05) is 25.1 Å². The molecule has 0 aliphatic carbocycles. The number of nitrogens with zero attached hydrogens (tertiary/aromatic N) is 4. The monoisotopic (exact) mass is 472 g/mol. The third-order valence-electron chi connectivity index (χ3n) is 7.06. The van der Waals surface area contributed by atoms with Gasteiger partial charge in [-0.3, -0.25) is 14.3 Å². The first-order valence-corrected chi connectivity index (χ1v) is 13.2. The second-order valence-electron chi connectivity index (χ2n) is 9.38. The van der Waals surface area contributed by atoms with Gasteiger partial charge in [0, 0.05) is 37.8 Å². The van der Waals surface area contributed by atoms with E-state index in [9.17, 15) is 18.0 Å². The Bertz CT molecular complexity index is 1160. The molecule has 9 heteroatoms. The number of rotatable bonds is 6. The molecule has 2 saturated heterocycles. The molecule has 0 bridgehead atoms. The zero-order valence-corrected chi connectivity index (χ0v) is 20.5. The van der Waals surface area contributed by atoms with Crippen molar-refractivity contribution < 1.29 is 18.0 Å². The zero-order chi connectivity index (χ0) is 23.9. The van der Waals surface area contributed by atoms with Gasteiger partial charge in [-0.25, -0.2) is 8.42 Å². The van der Waals surface area contributed by atoms with E-state index in [0.717, 1.165) is 22.5 Å². The van der Waals surface area contributed by atoms with Crippen LogP contribution in [0.3, 0.4) is 0 Å². The fourth-order valence-electron chi connectivity index (χ4n) is 5.06. The molecule has 33 heavy (non-hydrogen) atoms. The maximum atomic E-state index is 13.2. The molecule has 0 saturated carbocycles. The number of benzene rings is 1. The minimum atomic E-state index is -3.01. The zero-order valence-electron chi connectivity index (χ0n) is 19.7. The third-order valence-corrected chi connectivity index (χ3v) is 8.81. The van der Waals surface area contributed by atoms with Crippen molar-refractivity contribution in [2.24, 2.45) is 5.92 Å². The summed E-state index contributed by atoms with van der Waals surface area (Å²) in [6.45, 7) is 6.61. The molecule has 2 aliphatic heterocycles. The average Bonchev–Trinajstić information content (AvgIpc) is 3.43. The summed E-state index contributed by atoms with van der Waals surface area (Å²) in [6, 6.07) is 9.62. The molecular weight excluding hydrogens is 440 g/mol. The average molecular weight is 473 g/mol. The Morgan fingerprint density at radius 1 is 1.24 bits per heavy atom. The van der Waals surface area contributed by atoms with Crippen LogP contribution >= 0.6 is 0 Å². The summed E-state index contributed by atoms with van der Waals surface area (Å²) in [6.07, 6.45) is 0.787. The highest BCUT2D eigenvalue weighted by molar-refractivity contribution is 7.91. The standard InChI is InChI=1S/C24H32N4O4S/c1-16-22(18(3)28(25-16)21-10-11-33(31,32)15-21)14-26(4)24(30)20-12-23(29)27(13-20)17(2)19-8-6-5-7-9-19/h5-9,17,20-21H,10-15H2,1-4H3/t17-,20-,21-/m1/s1. The Balaban J connectivity index is 1.44. The van der Waals surface area contributed by atoms with E-state index in [2.05, 4.69) is 5.10 Å². The van der Waals surface area contributed by atoms with Crippen molar-refractivity contribution >= 4 is 21.7 Å². The molecule has 0 spiro atoms. The van der Waals surface area contributed by atoms with Crippen LogP contribution in [0.5, 0.6) is 0 Å². The molecule has 2 amide bonds. The molecule has 3 atom stereocenters. The van der Waals surface area contributed by atoms with E-state index in [-0.39, 0.29) is 47.7 Å². The predicted octanol–water partition coefficient (Wildman–Crippen LogP) is 2.43. The van der Waals surface area contributed by atoms with Gasteiger partial charge >= 0.3 is 0 Å². The van der Waals surface area contributed by atoms with E-state index in [1.165, 1.54) is 0 Å². The van der Waals surface area contributed by atoms with Gasteiger partial charge in [0.15, 0.2) is 9.84 Å². The van der Waals surface area contributed by atoms with E-state index in [0.29, 0.717) is 19.5 Å². The quantitative estimate of drug-likeness (QED) is 0.644. The first-order chi connectivity index (χ1) is 15.6. The van der Waals surface area contributed by atoms with Gasteiger partial charge < -0.3 is 9.80 Å². The molecule has 0 radical (unpaired) electrons. The number of hydrogen-bond acceptors (Lipinski definition) is 5. The van der Waals surface area contributed by atoms with Crippen molar-refractivity contribution in [2.45, 2.75) is 52.2 Å². The first-order valence-electron chi connectivity index (χ1n) is 11.4. The Hall–Kier alpha value is -2.68.